The van der Waals surface area contributed by atoms with Gasteiger partial charge in [0.2, 0.25) is 0 Å². The van der Waals surface area contributed by atoms with Crippen molar-refractivity contribution in [3.63, 3.8) is 0 Å². The highest BCUT2D eigenvalue weighted by molar-refractivity contribution is 7.81. The third kappa shape index (κ3) is 3.00. The lowest BCUT2D eigenvalue weighted by atomic mass is 9.95. The molecule has 0 heterocycles. The topological polar surface area (TPSA) is 66.4 Å². The van der Waals surface area contributed by atoms with Gasteiger partial charge in [0.25, 0.3) is 0 Å². The van der Waals surface area contributed by atoms with E-state index in [1.165, 1.54) is 13.0 Å². The van der Waals surface area contributed by atoms with Crippen molar-refractivity contribution in [1.82, 2.24) is 5.32 Å². The lowest BCUT2D eigenvalue weighted by Gasteiger charge is -2.18. The molecule has 102 valence electrons. The van der Waals surface area contributed by atoms with Crippen LogP contribution in [0.1, 0.15) is 12.5 Å². The first kappa shape index (κ1) is 14.1. The van der Waals surface area contributed by atoms with Gasteiger partial charge in [-0.2, -0.15) is 0 Å². The molecule has 0 aromatic heterocycles. The minimum Gasteiger partial charge on any atom is -0.480 e. The minimum absolute atomic E-state index is 0.190. The van der Waals surface area contributed by atoms with E-state index in [2.05, 4.69) is 5.32 Å². The van der Waals surface area contributed by atoms with Crippen molar-refractivity contribution in [3.8, 4) is 0 Å². The van der Waals surface area contributed by atoms with Gasteiger partial charge in [-0.1, -0.05) is 42.5 Å². The van der Waals surface area contributed by atoms with E-state index in [1.54, 1.807) is 6.08 Å². The Labute approximate surface area is 121 Å². The monoisotopic (exact) mass is 287 g/mol. The Morgan fingerprint density at radius 1 is 1.25 bits per heavy atom. The van der Waals surface area contributed by atoms with Crippen LogP contribution in [0.2, 0.25) is 0 Å². The van der Waals surface area contributed by atoms with Gasteiger partial charge in [-0.3, -0.25) is 9.59 Å². The molecule has 0 amide bonds. The van der Waals surface area contributed by atoms with Crippen molar-refractivity contribution in [3.05, 3.63) is 53.7 Å². The smallest absolute Gasteiger partial charge is 0.325 e. The zero-order valence-electron chi connectivity index (χ0n) is 10.8. The van der Waals surface area contributed by atoms with Crippen LogP contribution in [0.5, 0.6) is 0 Å². The number of carboxylic acid groups (broad SMARTS) is 1. The fourth-order valence-corrected chi connectivity index (χ4v) is 2.05. The molecule has 2 rings (SSSR count). The number of benzene rings is 1. The second-order valence-electron chi connectivity index (χ2n) is 4.41. The molecule has 0 saturated carbocycles. The molecule has 0 bridgehead atoms. The Bertz CT molecular complexity index is 632. The molecule has 0 radical (unpaired) electrons. The highest BCUT2D eigenvalue weighted by Crippen LogP contribution is 2.21. The molecule has 2 N–H and O–H groups in total. The molecular formula is C15H13NO3S. The molecule has 1 aliphatic rings. The second-order valence-corrected chi connectivity index (χ2v) is 4.85. The molecule has 0 spiro atoms. The first-order valence-electron chi connectivity index (χ1n) is 6.06. The molecule has 0 saturated heterocycles. The minimum atomic E-state index is -1.00. The van der Waals surface area contributed by atoms with Gasteiger partial charge in [-0.15, -0.1) is 0 Å². The molecular weight excluding hydrogens is 274 g/mol. The highest BCUT2D eigenvalue weighted by atomic mass is 32.1. The van der Waals surface area contributed by atoms with Crippen LogP contribution in [0.25, 0.3) is 5.57 Å². The van der Waals surface area contributed by atoms with E-state index in [-0.39, 0.29) is 5.78 Å². The number of aliphatic carboxylic acids is 1. The predicted octanol–water partition coefficient (Wildman–Crippen LogP) is 1.97. The largest absolute Gasteiger partial charge is 0.480 e. The normalized spacial score (nSPS) is 16.2. The maximum atomic E-state index is 12.1. The zero-order valence-corrected chi connectivity index (χ0v) is 11.6. The number of nitrogens with one attached hydrogen (secondary N) is 1. The van der Waals surface area contributed by atoms with Crippen LogP contribution in [0.15, 0.2) is 48.2 Å². The van der Waals surface area contributed by atoms with Crippen molar-refractivity contribution in [2.75, 3.05) is 0 Å². The number of hydrogen-bond acceptors (Lipinski definition) is 4. The average Bonchev–Trinajstić information content (AvgIpc) is 2.43. The Hall–Kier alpha value is -2.27. The van der Waals surface area contributed by atoms with Crippen molar-refractivity contribution < 1.29 is 14.7 Å². The van der Waals surface area contributed by atoms with E-state index < -0.39 is 12.0 Å². The molecule has 0 unspecified atom stereocenters. The first-order valence-corrected chi connectivity index (χ1v) is 6.46. The third-order valence-corrected chi connectivity index (χ3v) is 3.25. The summed E-state index contributed by atoms with van der Waals surface area (Å²) >= 11 is 5.21. The molecule has 1 atom stereocenters. The van der Waals surface area contributed by atoms with Crippen LogP contribution in [-0.2, 0) is 9.59 Å². The maximum absolute atomic E-state index is 12.1. The lowest BCUT2D eigenvalue weighted by Crippen LogP contribution is -2.36. The van der Waals surface area contributed by atoms with Crippen LogP contribution >= 0.6 is 12.2 Å². The Morgan fingerprint density at radius 3 is 2.50 bits per heavy atom. The molecule has 5 heteroatoms. The molecule has 4 nitrogen and oxygen atoms in total. The quantitative estimate of drug-likeness (QED) is 0.829. The first-order chi connectivity index (χ1) is 9.49. The molecule has 1 aliphatic carbocycles. The standard InChI is InChI=1S/C15H13NO3S/c1-9(15(18)19)16-12-8-13(17)11(7-14(12)20)10-5-3-2-4-6-10/h2-9,16H,1H3,(H,18,19)/t9-/m0/s1. The molecule has 1 aromatic rings. The number of carbonyl (C=O) groups is 2. The number of carboxylic acids is 1. The van der Waals surface area contributed by atoms with Crippen molar-refractivity contribution in [2.24, 2.45) is 0 Å². The number of rotatable bonds is 4. The number of hydrogen-bond donors (Lipinski definition) is 2. The van der Waals surface area contributed by atoms with Crippen LogP contribution in [0.3, 0.4) is 0 Å². The SMILES string of the molecule is C[C@H](NC1=CC(=O)C(c2ccccc2)=CC1=S)C(=O)O. The number of allylic oxidation sites excluding steroid dienone is 3. The summed E-state index contributed by atoms with van der Waals surface area (Å²) in [5.74, 6) is -1.19. The van der Waals surface area contributed by atoms with Crippen LogP contribution in [-0.4, -0.2) is 27.8 Å². The van der Waals surface area contributed by atoms with Crippen molar-refractivity contribution in [1.29, 1.82) is 0 Å². The van der Waals surface area contributed by atoms with Crippen LogP contribution in [0.4, 0.5) is 0 Å². The zero-order chi connectivity index (χ0) is 14.7. The average molecular weight is 287 g/mol. The van der Waals surface area contributed by atoms with Gasteiger partial charge in [0, 0.05) is 11.6 Å². The molecule has 0 aliphatic heterocycles. The summed E-state index contributed by atoms with van der Waals surface area (Å²) in [6, 6.07) is 8.41. The van der Waals surface area contributed by atoms with Crippen LogP contribution < -0.4 is 5.32 Å². The van der Waals surface area contributed by atoms with Gasteiger partial charge >= 0.3 is 5.97 Å². The van der Waals surface area contributed by atoms with Gasteiger partial charge in [0.15, 0.2) is 5.78 Å². The van der Waals surface area contributed by atoms with E-state index in [0.29, 0.717) is 16.1 Å². The highest BCUT2D eigenvalue weighted by Gasteiger charge is 2.21. The van der Waals surface area contributed by atoms with Gasteiger partial charge in [-0.25, -0.2) is 0 Å². The van der Waals surface area contributed by atoms with Crippen molar-refractivity contribution >= 4 is 34.4 Å². The number of ketones is 1. The summed E-state index contributed by atoms with van der Waals surface area (Å²) in [4.78, 5) is 23.4. The third-order valence-electron chi connectivity index (χ3n) is 2.91. The summed E-state index contributed by atoms with van der Waals surface area (Å²) in [6.07, 6.45) is 2.95. The van der Waals surface area contributed by atoms with Gasteiger partial charge < -0.3 is 10.4 Å². The predicted molar refractivity (Wildman–Crippen MR) is 80.3 cm³/mol. The molecule has 20 heavy (non-hydrogen) atoms. The maximum Gasteiger partial charge on any atom is 0.325 e. The van der Waals surface area contributed by atoms with E-state index in [4.69, 9.17) is 17.3 Å². The Kier molecular flexibility index (Phi) is 4.10. The van der Waals surface area contributed by atoms with Crippen LogP contribution in [0, 0.1) is 0 Å². The number of thiocarbonyl (C=S) groups is 1. The van der Waals surface area contributed by atoms with Gasteiger partial charge in [0.1, 0.15) is 6.04 Å². The summed E-state index contributed by atoms with van der Waals surface area (Å²) in [7, 11) is 0. The van der Waals surface area contributed by atoms with E-state index in [9.17, 15) is 9.59 Å². The Morgan fingerprint density at radius 2 is 1.90 bits per heavy atom. The Balaban J connectivity index is 2.23. The number of carbonyl (C=O) groups excluding carboxylic acids is 1. The molecule has 0 fully saturated rings. The second kappa shape index (κ2) is 5.79. The summed E-state index contributed by atoms with van der Waals surface area (Å²) in [6.45, 7) is 1.49. The lowest BCUT2D eigenvalue weighted by molar-refractivity contribution is -0.138. The van der Waals surface area contributed by atoms with E-state index in [1.807, 2.05) is 30.3 Å². The van der Waals surface area contributed by atoms with Gasteiger partial charge in [-0.05, 0) is 18.6 Å². The van der Waals surface area contributed by atoms with E-state index >= 15 is 0 Å². The van der Waals surface area contributed by atoms with E-state index in [0.717, 1.165) is 5.56 Å². The summed E-state index contributed by atoms with van der Waals surface area (Å²) in [5.41, 5.74) is 1.69. The fraction of sp³-hybridized carbons (Fsp3) is 0.133. The van der Waals surface area contributed by atoms with Gasteiger partial charge in [0.05, 0.1) is 10.6 Å². The summed E-state index contributed by atoms with van der Waals surface area (Å²) in [5, 5.41) is 11.6. The fourth-order valence-electron chi connectivity index (χ4n) is 1.81. The summed E-state index contributed by atoms with van der Waals surface area (Å²) < 4.78 is 0. The van der Waals surface area contributed by atoms with Crippen molar-refractivity contribution in [2.45, 2.75) is 13.0 Å². The molecule has 1 aromatic carbocycles.